The van der Waals surface area contributed by atoms with E-state index in [1.54, 1.807) is 0 Å². The first-order valence-corrected chi connectivity index (χ1v) is 11.4. The van der Waals surface area contributed by atoms with Gasteiger partial charge in [-0.2, -0.15) is 15.0 Å². The number of phenolic OH excluding ortho intramolecular Hbond substituents is 1. The molecule has 5 N–H and O–H groups in total. The van der Waals surface area contributed by atoms with Crippen LogP contribution in [-0.4, -0.2) is 49.0 Å². The molecule has 0 radical (unpaired) electrons. The first-order valence-electron chi connectivity index (χ1n) is 10.5. The lowest BCUT2D eigenvalue weighted by Crippen LogP contribution is -2.29. The molecule has 1 atom stereocenters. The van der Waals surface area contributed by atoms with Gasteiger partial charge in [-0.25, -0.2) is 4.39 Å². The summed E-state index contributed by atoms with van der Waals surface area (Å²) >= 11 is 0.908. The van der Waals surface area contributed by atoms with E-state index >= 15 is 0 Å². The number of nitrogens with zero attached hydrogens (tertiary/aromatic N) is 3. The highest BCUT2D eigenvalue weighted by molar-refractivity contribution is 8.15. The average Bonchev–Trinajstić information content (AvgIpc) is 2.92. The summed E-state index contributed by atoms with van der Waals surface area (Å²) < 4.78 is 13.7. The third-order valence-electron chi connectivity index (χ3n) is 5.24. The second-order valence-corrected chi connectivity index (χ2v) is 8.87. The highest BCUT2D eigenvalue weighted by Gasteiger charge is 2.31. The number of hydrogen-bond acceptors (Lipinski definition) is 10. The van der Waals surface area contributed by atoms with Crippen molar-refractivity contribution >= 4 is 46.4 Å². The van der Waals surface area contributed by atoms with Gasteiger partial charge < -0.3 is 21.1 Å². The highest BCUT2D eigenvalue weighted by Crippen LogP contribution is 2.24. The lowest BCUT2D eigenvalue weighted by molar-refractivity contribution is -0.118. The van der Waals surface area contributed by atoms with Gasteiger partial charge in [-0.15, -0.1) is 0 Å². The van der Waals surface area contributed by atoms with Gasteiger partial charge in [-0.3, -0.25) is 14.9 Å². The Bertz CT molecular complexity index is 1000. The van der Waals surface area contributed by atoms with Gasteiger partial charge in [-0.05, 0) is 36.7 Å². The number of benzene rings is 1. The Morgan fingerprint density at radius 3 is 2.47 bits per heavy atom. The van der Waals surface area contributed by atoms with Crippen molar-refractivity contribution in [1.29, 1.82) is 0 Å². The average molecular weight is 462 g/mol. The molecule has 170 valence electrons. The molecule has 2 heterocycles. The second kappa shape index (κ2) is 9.98. The SMILES string of the molecule is O=C1NC(=O)C(CNc2nc(Nc3ccc(O)c(F)c3)nc(NC3CCCCCC3)n2)S1. The minimum absolute atomic E-state index is 0.155. The van der Waals surface area contributed by atoms with Crippen LogP contribution in [0.4, 0.5) is 32.7 Å². The first-order chi connectivity index (χ1) is 15.5. The van der Waals surface area contributed by atoms with E-state index in [9.17, 15) is 19.1 Å². The topological polar surface area (TPSA) is 141 Å². The van der Waals surface area contributed by atoms with Crippen LogP contribution in [0.25, 0.3) is 0 Å². The highest BCUT2D eigenvalue weighted by atomic mass is 32.2. The smallest absolute Gasteiger partial charge is 0.286 e. The van der Waals surface area contributed by atoms with Crippen LogP contribution in [0.15, 0.2) is 18.2 Å². The van der Waals surface area contributed by atoms with Crippen molar-refractivity contribution in [3.05, 3.63) is 24.0 Å². The standard InChI is InChI=1S/C20H24FN7O3S/c21-13-9-12(7-8-14(13)29)24-19-27-17(22-10-15-16(30)25-20(31)32-15)26-18(28-19)23-11-5-3-1-2-4-6-11/h7-9,11,15,29H,1-6,10H2,(H,25,30,31)(H3,22,23,24,26,27,28). The number of aromatic hydroxyl groups is 1. The van der Waals surface area contributed by atoms with Crippen molar-refractivity contribution in [2.75, 3.05) is 22.5 Å². The molecule has 1 saturated heterocycles. The van der Waals surface area contributed by atoms with Gasteiger partial charge in [0.15, 0.2) is 11.6 Å². The maximum atomic E-state index is 13.7. The maximum Gasteiger partial charge on any atom is 0.286 e. The van der Waals surface area contributed by atoms with Crippen LogP contribution < -0.4 is 21.3 Å². The zero-order valence-corrected chi connectivity index (χ0v) is 18.0. The van der Waals surface area contributed by atoms with Crippen molar-refractivity contribution in [1.82, 2.24) is 20.3 Å². The quantitative estimate of drug-likeness (QED) is 0.308. The Morgan fingerprint density at radius 2 is 1.78 bits per heavy atom. The fourth-order valence-electron chi connectivity index (χ4n) is 3.61. The number of anilines is 4. The largest absolute Gasteiger partial charge is 0.505 e. The van der Waals surface area contributed by atoms with Crippen LogP contribution >= 0.6 is 11.8 Å². The molecular weight excluding hydrogens is 437 g/mol. The number of rotatable bonds is 7. The van der Waals surface area contributed by atoms with Gasteiger partial charge in [0.05, 0.1) is 0 Å². The van der Waals surface area contributed by atoms with Gasteiger partial charge in [0, 0.05) is 24.3 Å². The normalized spacial score (nSPS) is 19.3. The third kappa shape index (κ3) is 5.75. The summed E-state index contributed by atoms with van der Waals surface area (Å²) in [5.41, 5.74) is 0.356. The van der Waals surface area contributed by atoms with Crippen LogP contribution in [0.5, 0.6) is 5.75 Å². The molecule has 32 heavy (non-hydrogen) atoms. The first kappa shape index (κ1) is 22.1. The van der Waals surface area contributed by atoms with Crippen LogP contribution in [0.3, 0.4) is 0 Å². The van der Waals surface area contributed by atoms with Crippen molar-refractivity contribution in [2.24, 2.45) is 0 Å². The van der Waals surface area contributed by atoms with Crippen LogP contribution in [-0.2, 0) is 4.79 Å². The number of thioether (sulfide) groups is 1. The third-order valence-corrected chi connectivity index (χ3v) is 6.22. The van der Waals surface area contributed by atoms with Gasteiger partial charge in [0.1, 0.15) is 5.25 Å². The molecule has 12 heteroatoms. The van der Waals surface area contributed by atoms with E-state index in [0.717, 1.165) is 43.5 Å². The van der Waals surface area contributed by atoms with Gasteiger partial charge in [0.2, 0.25) is 23.8 Å². The molecule has 4 rings (SSSR count). The molecular formula is C20H24FN7O3S. The Kier molecular flexibility index (Phi) is 6.88. The van der Waals surface area contributed by atoms with Crippen molar-refractivity contribution in [3.8, 4) is 5.75 Å². The summed E-state index contributed by atoms with van der Waals surface area (Å²) in [5.74, 6) is -0.847. The van der Waals surface area contributed by atoms with Gasteiger partial charge in [0.25, 0.3) is 5.24 Å². The Balaban J connectivity index is 1.53. The summed E-state index contributed by atoms with van der Waals surface area (Å²) in [4.78, 5) is 36.3. The van der Waals surface area contributed by atoms with E-state index in [2.05, 4.69) is 36.2 Å². The summed E-state index contributed by atoms with van der Waals surface area (Å²) in [5, 5.41) is 19.9. The fraction of sp³-hybridized carbons (Fsp3) is 0.450. The van der Waals surface area contributed by atoms with E-state index in [0.29, 0.717) is 11.6 Å². The van der Waals surface area contributed by atoms with E-state index < -0.39 is 16.8 Å². The summed E-state index contributed by atoms with van der Waals surface area (Å²) in [6.45, 7) is 0.155. The molecule has 1 aromatic heterocycles. The lowest BCUT2D eigenvalue weighted by atomic mass is 10.1. The zero-order chi connectivity index (χ0) is 22.5. The minimum Gasteiger partial charge on any atom is -0.505 e. The Hall–Kier alpha value is -3.15. The van der Waals surface area contributed by atoms with Crippen LogP contribution in [0.2, 0.25) is 0 Å². The van der Waals surface area contributed by atoms with Crippen molar-refractivity contribution in [3.63, 3.8) is 0 Å². The van der Waals surface area contributed by atoms with Crippen LogP contribution in [0, 0.1) is 5.82 Å². The fourth-order valence-corrected chi connectivity index (χ4v) is 4.36. The molecule has 1 unspecified atom stereocenters. The number of hydrogen-bond donors (Lipinski definition) is 5. The van der Waals surface area contributed by atoms with Gasteiger partial charge >= 0.3 is 0 Å². The van der Waals surface area contributed by atoms with E-state index in [4.69, 9.17) is 0 Å². The number of carbonyl (C=O) groups excluding carboxylic acids is 2. The molecule has 1 aromatic carbocycles. The Morgan fingerprint density at radius 1 is 1.06 bits per heavy atom. The molecule has 1 saturated carbocycles. The molecule has 0 bridgehead atoms. The number of aromatic nitrogens is 3. The molecule has 10 nitrogen and oxygen atoms in total. The van der Waals surface area contributed by atoms with Crippen molar-refractivity contribution in [2.45, 2.75) is 49.8 Å². The van der Waals surface area contributed by atoms with E-state index in [1.807, 2.05) is 0 Å². The molecule has 2 aliphatic rings. The molecule has 2 aromatic rings. The number of amides is 2. The van der Waals surface area contributed by atoms with E-state index in [1.165, 1.54) is 25.0 Å². The summed E-state index contributed by atoms with van der Waals surface area (Å²) in [6, 6.07) is 4.10. The van der Waals surface area contributed by atoms with E-state index in [-0.39, 0.29) is 35.6 Å². The second-order valence-electron chi connectivity index (χ2n) is 7.69. The van der Waals surface area contributed by atoms with Crippen LogP contribution in [0.1, 0.15) is 38.5 Å². The monoisotopic (exact) mass is 461 g/mol. The minimum atomic E-state index is -0.770. The maximum absolute atomic E-state index is 13.7. The summed E-state index contributed by atoms with van der Waals surface area (Å²) in [6.07, 6.45) is 6.72. The number of phenols is 1. The summed E-state index contributed by atoms with van der Waals surface area (Å²) in [7, 11) is 0. The molecule has 1 aliphatic heterocycles. The number of carbonyl (C=O) groups is 2. The molecule has 1 aliphatic carbocycles. The molecule has 0 spiro atoms. The number of halogens is 1. The molecule has 2 fully saturated rings. The molecule has 2 amide bonds. The predicted molar refractivity (Wildman–Crippen MR) is 120 cm³/mol. The Labute approximate surface area is 188 Å². The van der Waals surface area contributed by atoms with Crippen molar-refractivity contribution < 1.29 is 19.1 Å². The van der Waals surface area contributed by atoms with Gasteiger partial charge in [-0.1, -0.05) is 25.7 Å². The predicted octanol–water partition coefficient (Wildman–Crippen LogP) is 3.36. The number of nitrogens with one attached hydrogen (secondary N) is 4. The number of imide groups is 1. The lowest BCUT2D eigenvalue weighted by Gasteiger charge is -2.17. The zero-order valence-electron chi connectivity index (χ0n) is 17.2.